The summed E-state index contributed by atoms with van der Waals surface area (Å²) in [5.41, 5.74) is 1.77. The fourth-order valence-corrected chi connectivity index (χ4v) is 1.87. The van der Waals surface area contributed by atoms with Gasteiger partial charge in [-0.25, -0.2) is 4.79 Å². The highest BCUT2D eigenvalue weighted by Crippen LogP contribution is 2.14. The van der Waals surface area contributed by atoms with Gasteiger partial charge in [0.05, 0.1) is 12.2 Å². The minimum Gasteiger partial charge on any atom is -0.293 e. The molecule has 0 aromatic heterocycles. The summed E-state index contributed by atoms with van der Waals surface area (Å²) in [6.45, 7) is 8.66. The number of unbranched alkanes of at least 4 members (excludes halogenated alkanes) is 3. The fourth-order valence-electron chi connectivity index (χ4n) is 1.87. The summed E-state index contributed by atoms with van der Waals surface area (Å²) in [4.78, 5) is 21.6. The van der Waals surface area contributed by atoms with Crippen molar-refractivity contribution < 1.29 is 14.6 Å². The molecule has 0 N–H and O–H groups in total. The topological polar surface area (TPSA) is 35.5 Å². The Morgan fingerprint density at radius 3 is 2.29 bits per heavy atom. The number of carbonyl (C=O) groups excluding carboxylic acids is 1. The van der Waals surface area contributed by atoms with E-state index >= 15 is 0 Å². The second kappa shape index (κ2) is 8.83. The van der Waals surface area contributed by atoms with Gasteiger partial charge in [0.15, 0.2) is 0 Å². The van der Waals surface area contributed by atoms with E-state index in [2.05, 4.69) is 6.92 Å². The number of rotatable bonds is 8. The van der Waals surface area contributed by atoms with Gasteiger partial charge in [0.2, 0.25) is 0 Å². The summed E-state index contributed by atoms with van der Waals surface area (Å²) in [7, 11) is 0. The van der Waals surface area contributed by atoms with E-state index in [0.717, 1.165) is 6.42 Å². The Morgan fingerprint density at radius 1 is 1.05 bits per heavy atom. The Kier molecular flexibility index (Phi) is 7.44. The molecule has 0 aliphatic heterocycles. The second-order valence-electron chi connectivity index (χ2n) is 6.70. The predicted molar refractivity (Wildman–Crippen MR) is 85.1 cm³/mol. The van der Waals surface area contributed by atoms with Crippen molar-refractivity contribution in [3.05, 3.63) is 35.4 Å². The minimum absolute atomic E-state index is 0.0252. The lowest BCUT2D eigenvalue weighted by Crippen LogP contribution is -2.17. The fraction of sp³-hybridized carbons (Fsp3) is 0.611. The molecule has 1 aromatic rings. The van der Waals surface area contributed by atoms with Gasteiger partial charge >= 0.3 is 5.97 Å². The van der Waals surface area contributed by atoms with E-state index in [9.17, 15) is 4.79 Å². The molecule has 0 aliphatic carbocycles. The molecule has 21 heavy (non-hydrogen) atoms. The Labute approximate surface area is 128 Å². The zero-order valence-corrected chi connectivity index (χ0v) is 13.8. The van der Waals surface area contributed by atoms with Crippen LogP contribution in [-0.4, -0.2) is 12.6 Å². The van der Waals surface area contributed by atoms with Crippen molar-refractivity contribution in [2.45, 2.75) is 59.8 Å². The number of benzene rings is 1. The highest BCUT2D eigenvalue weighted by Gasteiger charge is 2.14. The van der Waals surface area contributed by atoms with Crippen molar-refractivity contribution in [1.82, 2.24) is 0 Å². The molecule has 0 saturated heterocycles. The van der Waals surface area contributed by atoms with E-state index in [-0.39, 0.29) is 5.41 Å². The summed E-state index contributed by atoms with van der Waals surface area (Å²) in [6.07, 6.45) is 6.07. The third-order valence-corrected chi connectivity index (χ3v) is 3.14. The van der Waals surface area contributed by atoms with Crippen LogP contribution < -0.4 is 0 Å². The summed E-state index contributed by atoms with van der Waals surface area (Å²) >= 11 is 0. The highest BCUT2D eigenvalue weighted by molar-refractivity contribution is 5.88. The number of carbonyl (C=O) groups is 1. The zero-order valence-electron chi connectivity index (χ0n) is 13.8. The molecule has 0 amide bonds. The van der Waals surface area contributed by atoms with Gasteiger partial charge in [-0.3, -0.25) is 4.89 Å². The van der Waals surface area contributed by atoms with Crippen LogP contribution in [0.4, 0.5) is 0 Å². The summed E-state index contributed by atoms with van der Waals surface area (Å²) < 4.78 is 0. The van der Waals surface area contributed by atoms with E-state index in [1.54, 1.807) is 12.1 Å². The lowest BCUT2D eigenvalue weighted by atomic mass is 9.99. The molecule has 0 heterocycles. The van der Waals surface area contributed by atoms with Gasteiger partial charge < -0.3 is 0 Å². The third kappa shape index (κ3) is 7.86. The van der Waals surface area contributed by atoms with Gasteiger partial charge in [0, 0.05) is 0 Å². The van der Waals surface area contributed by atoms with E-state index in [0.29, 0.717) is 12.2 Å². The normalized spacial score (nSPS) is 11.4. The summed E-state index contributed by atoms with van der Waals surface area (Å²) in [5, 5.41) is 0. The minimum atomic E-state index is -0.434. The lowest BCUT2D eigenvalue weighted by Gasteiger charge is -2.16. The molecule has 1 aromatic carbocycles. The lowest BCUT2D eigenvalue weighted by molar-refractivity contribution is -0.255. The van der Waals surface area contributed by atoms with Crippen LogP contribution in [-0.2, 0) is 16.2 Å². The zero-order chi connectivity index (χ0) is 15.7. The molecule has 118 valence electrons. The first kappa shape index (κ1) is 17.7. The predicted octanol–water partition coefficient (Wildman–Crippen LogP) is 4.94. The van der Waals surface area contributed by atoms with Crippen LogP contribution in [0.1, 0.15) is 69.3 Å². The van der Waals surface area contributed by atoms with Crippen molar-refractivity contribution >= 4 is 5.97 Å². The first-order chi connectivity index (χ1) is 9.92. The summed E-state index contributed by atoms with van der Waals surface area (Å²) in [5.74, 6) is -0.434. The van der Waals surface area contributed by atoms with Crippen molar-refractivity contribution in [2.75, 3.05) is 6.61 Å². The van der Waals surface area contributed by atoms with E-state index in [1.807, 2.05) is 32.9 Å². The van der Waals surface area contributed by atoms with Crippen LogP contribution in [0.25, 0.3) is 0 Å². The molecule has 0 atom stereocenters. The molecule has 0 spiro atoms. The van der Waals surface area contributed by atoms with Gasteiger partial charge in [-0.2, -0.15) is 4.89 Å². The Bertz CT molecular complexity index is 415. The van der Waals surface area contributed by atoms with Crippen LogP contribution in [0.2, 0.25) is 0 Å². The SMILES string of the molecule is CCCCCCc1ccc(C(=O)OOCC(C)(C)C)cc1. The quantitative estimate of drug-likeness (QED) is 0.386. The molecule has 3 heteroatoms. The maximum Gasteiger partial charge on any atom is 0.373 e. The molecular formula is C18H28O3. The van der Waals surface area contributed by atoms with Crippen molar-refractivity contribution in [3.8, 4) is 0 Å². The number of aryl methyl sites for hydroxylation is 1. The van der Waals surface area contributed by atoms with Crippen LogP contribution >= 0.6 is 0 Å². The van der Waals surface area contributed by atoms with Gasteiger partial charge in [0.25, 0.3) is 0 Å². The van der Waals surface area contributed by atoms with Gasteiger partial charge in [-0.15, -0.1) is 0 Å². The molecule has 3 nitrogen and oxygen atoms in total. The van der Waals surface area contributed by atoms with Gasteiger partial charge in [-0.1, -0.05) is 59.1 Å². The van der Waals surface area contributed by atoms with Crippen LogP contribution in [0.15, 0.2) is 24.3 Å². The van der Waals surface area contributed by atoms with Crippen molar-refractivity contribution in [1.29, 1.82) is 0 Å². The van der Waals surface area contributed by atoms with Crippen LogP contribution in [0, 0.1) is 5.41 Å². The molecule has 0 radical (unpaired) electrons. The van der Waals surface area contributed by atoms with E-state index in [1.165, 1.54) is 31.2 Å². The molecule has 0 unspecified atom stereocenters. The number of hydrogen-bond acceptors (Lipinski definition) is 3. The molecule has 1 rings (SSSR count). The summed E-state index contributed by atoms with van der Waals surface area (Å²) in [6, 6.07) is 7.59. The highest BCUT2D eigenvalue weighted by atomic mass is 17.2. The average Bonchev–Trinajstić information content (AvgIpc) is 2.43. The van der Waals surface area contributed by atoms with Crippen molar-refractivity contribution in [3.63, 3.8) is 0 Å². The standard InChI is InChI=1S/C18H28O3/c1-5-6-7-8-9-15-10-12-16(13-11-15)17(19)21-20-14-18(2,3)4/h10-13H,5-9,14H2,1-4H3. The van der Waals surface area contributed by atoms with E-state index in [4.69, 9.17) is 9.78 Å². The van der Waals surface area contributed by atoms with E-state index < -0.39 is 5.97 Å². The van der Waals surface area contributed by atoms with Crippen LogP contribution in [0.5, 0.6) is 0 Å². The average molecular weight is 292 g/mol. The number of hydrogen-bond donors (Lipinski definition) is 0. The second-order valence-corrected chi connectivity index (χ2v) is 6.70. The smallest absolute Gasteiger partial charge is 0.293 e. The van der Waals surface area contributed by atoms with Gasteiger partial charge in [0.1, 0.15) is 0 Å². The largest absolute Gasteiger partial charge is 0.373 e. The molecule has 0 fully saturated rings. The third-order valence-electron chi connectivity index (χ3n) is 3.14. The van der Waals surface area contributed by atoms with Crippen molar-refractivity contribution in [2.24, 2.45) is 5.41 Å². The van der Waals surface area contributed by atoms with Gasteiger partial charge in [-0.05, 0) is 36.0 Å². The molecule has 0 bridgehead atoms. The molecule has 0 saturated carbocycles. The molecular weight excluding hydrogens is 264 g/mol. The Balaban J connectivity index is 2.37. The maximum atomic E-state index is 11.8. The molecule has 0 aliphatic rings. The first-order valence-corrected chi connectivity index (χ1v) is 7.85. The monoisotopic (exact) mass is 292 g/mol. The maximum absolute atomic E-state index is 11.8. The first-order valence-electron chi connectivity index (χ1n) is 7.85. The van der Waals surface area contributed by atoms with Crippen LogP contribution in [0.3, 0.4) is 0 Å². The Hall–Kier alpha value is -1.35. The Morgan fingerprint density at radius 2 is 1.71 bits per heavy atom.